The summed E-state index contributed by atoms with van der Waals surface area (Å²) in [5, 5.41) is 13.4. The Bertz CT molecular complexity index is 979. The number of halogens is 1. The van der Waals surface area contributed by atoms with Gasteiger partial charge in [0.2, 0.25) is 0 Å². The Balaban J connectivity index is 1.52. The maximum Gasteiger partial charge on any atom is 0.254 e. The number of nitrogens with one attached hydrogen (secondary N) is 1. The molecule has 2 atom stereocenters. The van der Waals surface area contributed by atoms with Gasteiger partial charge in [0.05, 0.1) is 10.9 Å². The van der Waals surface area contributed by atoms with E-state index in [1.165, 1.54) is 11.8 Å². The van der Waals surface area contributed by atoms with E-state index in [0.29, 0.717) is 17.3 Å². The minimum absolute atomic E-state index is 0.425. The summed E-state index contributed by atoms with van der Waals surface area (Å²) in [7, 11) is 0. The second-order valence-electron chi connectivity index (χ2n) is 6.46. The van der Waals surface area contributed by atoms with Crippen molar-refractivity contribution in [2.45, 2.75) is 22.9 Å². The van der Waals surface area contributed by atoms with Gasteiger partial charge in [-0.05, 0) is 41.5 Å². The molecule has 4 nitrogen and oxygen atoms in total. The van der Waals surface area contributed by atoms with Crippen LogP contribution in [0.1, 0.15) is 16.4 Å². The van der Waals surface area contributed by atoms with Crippen LogP contribution >= 0.6 is 23.4 Å². The summed E-state index contributed by atoms with van der Waals surface area (Å²) in [6.45, 7) is 0.484. The lowest BCUT2D eigenvalue weighted by atomic mass is 10.1. The highest BCUT2D eigenvalue weighted by atomic mass is 35.5. The van der Waals surface area contributed by atoms with Crippen LogP contribution in [-0.2, 0) is 11.4 Å². The summed E-state index contributed by atoms with van der Waals surface area (Å²) in [6, 6.07) is 22.7. The number of carbonyl (C=O) groups is 1. The number of anilines is 1. The smallest absolute Gasteiger partial charge is 0.254 e. The van der Waals surface area contributed by atoms with Gasteiger partial charge in [0.1, 0.15) is 18.5 Å². The quantitative estimate of drug-likeness (QED) is 0.629. The van der Waals surface area contributed by atoms with Crippen molar-refractivity contribution in [3.8, 4) is 5.75 Å². The lowest BCUT2D eigenvalue weighted by molar-refractivity contribution is -0.124. The number of aliphatic hydroxyl groups excluding tert-OH is 1. The molecule has 1 amide bonds. The second-order valence-corrected chi connectivity index (χ2v) is 8.08. The molecular formula is C22H18ClNO3S. The van der Waals surface area contributed by atoms with E-state index in [1.807, 2.05) is 60.7 Å². The van der Waals surface area contributed by atoms with Crippen LogP contribution in [-0.4, -0.2) is 17.1 Å². The van der Waals surface area contributed by atoms with Crippen molar-refractivity contribution < 1.29 is 14.6 Å². The minimum Gasteiger partial charge on any atom is -0.489 e. The van der Waals surface area contributed by atoms with Crippen LogP contribution in [0, 0.1) is 0 Å². The van der Waals surface area contributed by atoms with Gasteiger partial charge >= 0.3 is 0 Å². The molecule has 0 radical (unpaired) electrons. The Morgan fingerprint density at radius 1 is 1.04 bits per heavy atom. The Labute approximate surface area is 172 Å². The Kier molecular flexibility index (Phi) is 5.57. The molecule has 3 aromatic carbocycles. The third-order valence-corrected chi connectivity index (χ3v) is 6.09. The van der Waals surface area contributed by atoms with E-state index in [2.05, 4.69) is 5.32 Å². The van der Waals surface area contributed by atoms with Crippen molar-refractivity contribution in [1.29, 1.82) is 0 Å². The number of thioether (sulfide) groups is 1. The van der Waals surface area contributed by atoms with Gasteiger partial charge in [0.25, 0.3) is 5.91 Å². The number of amides is 1. The molecule has 0 fully saturated rings. The number of hydrogen-bond donors (Lipinski definition) is 2. The third kappa shape index (κ3) is 4.17. The number of aliphatic hydroxyl groups is 1. The Hall–Kier alpha value is -2.47. The van der Waals surface area contributed by atoms with Crippen molar-refractivity contribution in [1.82, 2.24) is 0 Å². The van der Waals surface area contributed by atoms with Gasteiger partial charge in [-0.3, -0.25) is 4.79 Å². The fraction of sp³-hybridized carbons (Fsp3) is 0.136. The summed E-state index contributed by atoms with van der Waals surface area (Å²) in [5.41, 5.74) is 2.56. The van der Waals surface area contributed by atoms with Crippen LogP contribution in [0.15, 0.2) is 77.7 Å². The molecule has 1 heterocycles. The number of ether oxygens (including phenoxy) is 1. The third-order valence-electron chi connectivity index (χ3n) is 4.47. The summed E-state index contributed by atoms with van der Waals surface area (Å²) in [5.74, 6) is 0.292. The van der Waals surface area contributed by atoms with Crippen molar-refractivity contribution >= 4 is 35.0 Å². The number of carbonyl (C=O) groups excluding carboxylic acids is 1. The molecule has 0 aromatic heterocycles. The molecule has 1 aliphatic rings. The molecule has 142 valence electrons. The van der Waals surface area contributed by atoms with Gasteiger partial charge < -0.3 is 15.2 Å². The van der Waals surface area contributed by atoms with Crippen LogP contribution in [0.5, 0.6) is 5.75 Å². The van der Waals surface area contributed by atoms with E-state index >= 15 is 0 Å². The van der Waals surface area contributed by atoms with Gasteiger partial charge in [-0.1, -0.05) is 54.1 Å². The van der Waals surface area contributed by atoms with Crippen molar-refractivity contribution in [2.24, 2.45) is 0 Å². The van der Waals surface area contributed by atoms with E-state index in [-0.39, 0.29) is 0 Å². The van der Waals surface area contributed by atoms with E-state index < -0.39 is 17.3 Å². The first kappa shape index (κ1) is 18.9. The highest BCUT2D eigenvalue weighted by Gasteiger charge is 2.32. The maximum atomic E-state index is 12.4. The summed E-state index contributed by atoms with van der Waals surface area (Å²) in [4.78, 5) is 13.2. The van der Waals surface area contributed by atoms with Crippen LogP contribution in [0.3, 0.4) is 0 Å². The normalized spacial score (nSPS) is 18.7. The molecule has 3 aromatic rings. The molecule has 0 aliphatic carbocycles. The second kappa shape index (κ2) is 8.27. The average molecular weight is 412 g/mol. The summed E-state index contributed by atoms with van der Waals surface area (Å²) >= 11 is 7.46. The number of hydrogen-bond acceptors (Lipinski definition) is 4. The molecule has 6 heteroatoms. The maximum absolute atomic E-state index is 12.4. The monoisotopic (exact) mass is 411 g/mol. The summed E-state index contributed by atoms with van der Waals surface area (Å²) < 4.78 is 5.81. The highest BCUT2D eigenvalue weighted by molar-refractivity contribution is 7.99. The molecule has 0 unspecified atom stereocenters. The van der Waals surface area contributed by atoms with Crippen LogP contribution in [0.4, 0.5) is 5.69 Å². The van der Waals surface area contributed by atoms with Crippen molar-refractivity contribution in [2.75, 3.05) is 5.32 Å². The minimum atomic E-state index is -1.17. The van der Waals surface area contributed by atoms with Crippen LogP contribution in [0.25, 0.3) is 0 Å². The topological polar surface area (TPSA) is 58.6 Å². The molecular weight excluding hydrogens is 394 g/mol. The SMILES string of the molecule is O=C1Nc2cc(Cl)ccc2S[C@H](c2ccc(OCc3ccccc3)cc2)[C@@H]1O. The first-order valence-electron chi connectivity index (χ1n) is 8.82. The van der Waals surface area contributed by atoms with Crippen molar-refractivity contribution in [3.63, 3.8) is 0 Å². The van der Waals surface area contributed by atoms with Crippen LogP contribution < -0.4 is 10.1 Å². The van der Waals surface area contributed by atoms with Gasteiger partial charge in [-0.15, -0.1) is 11.8 Å². The number of fused-ring (bicyclic) bond motifs is 1. The van der Waals surface area contributed by atoms with E-state index in [1.54, 1.807) is 12.1 Å². The first-order chi connectivity index (χ1) is 13.6. The van der Waals surface area contributed by atoms with Crippen LogP contribution in [0.2, 0.25) is 5.02 Å². The zero-order valence-corrected chi connectivity index (χ0v) is 16.4. The van der Waals surface area contributed by atoms with E-state index in [4.69, 9.17) is 16.3 Å². The lowest BCUT2D eigenvalue weighted by Gasteiger charge is -2.19. The highest BCUT2D eigenvalue weighted by Crippen LogP contribution is 2.44. The molecule has 28 heavy (non-hydrogen) atoms. The number of rotatable bonds is 4. The number of benzene rings is 3. The van der Waals surface area contributed by atoms with Gasteiger partial charge in [0.15, 0.2) is 0 Å². The van der Waals surface area contributed by atoms with Crippen molar-refractivity contribution in [3.05, 3.63) is 88.9 Å². The molecule has 0 saturated heterocycles. The fourth-order valence-electron chi connectivity index (χ4n) is 2.99. The average Bonchev–Trinajstić information content (AvgIpc) is 2.84. The predicted molar refractivity (Wildman–Crippen MR) is 112 cm³/mol. The zero-order valence-electron chi connectivity index (χ0n) is 14.8. The van der Waals surface area contributed by atoms with Gasteiger partial charge in [0, 0.05) is 9.92 Å². The Morgan fingerprint density at radius 3 is 2.54 bits per heavy atom. The molecule has 0 bridgehead atoms. The predicted octanol–water partition coefficient (Wildman–Crippen LogP) is 5.07. The molecule has 2 N–H and O–H groups in total. The fourth-order valence-corrected chi connectivity index (χ4v) is 4.37. The van der Waals surface area contributed by atoms with E-state index in [9.17, 15) is 9.90 Å². The molecule has 4 rings (SSSR count). The lowest BCUT2D eigenvalue weighted by Crippen LogP contribution is -2.30. The largest absolute Gasteiger partial charge is 0.489 e. The molecule has 1 aliphatic heterocycles. The molecule has 0 saturated carbocycles. The van der Waals surface area contributed by atoms with E-state index in [0.717, 1.165) is 21.8 Å². The van der Waals surface area contributed by atoms with Gasteiger partial charge in [-0.2, -0.15) is 0 Å². The first-order valence-corrected chi connectivity index (χ1v) is 10.1. The standard InChI is InChI=1S/C22H18ClNO3S/c23-16-8-11-19-18(12-16)24-22(26)20(25)21(28-19)15-6-9-17(10-7-15)27-13-14-4-2-1-3-5-14/h1-12,20-21,25H,13H2,(H,24,26)/t20-,21+/m0/s1. The Morgan fingerprint density at radius 2 is 1.79 bits per heavy atom. The summed E-state index contributed by atoms with van der Waals surface area (Å²) in [6.07, 6.45) is -1.17. The zero-order chi connectivity index (χ0) is 19.5. The van der Waals surface area contributed by atoms with Gasteiger partial charge in [-0.25, -0.2) is 0 Å². The molecule has 0 spiro atoms.